The van der Waals surface area contributed by atoms with Crippen molar-refractivity contribution < 1.29 is 19.1 Å². The number of hydrogen-bond donors (Lipinski definition) is 4. The molecule has 0 fully saturated rings. The standard InChI is InChI=1S/C33H32N4O4/c1-33(2,29-13-11-27(19-31(29)40-17-15-38)36-21-23-3-7-25(34)8-4-23)30-14-12-28(20-32(30)41-18-16-39)37-22-24-5-9-26(35)10-6-24/h3-14,17-20,36-37H,21-22,34-35H2,1-2H3. The molecule has 41 heavy (non-hydrogen) atoms. The first-order valence-electron chi connectivity index (χ1n) is 13.0. The fourth-order valence-electron chi connectivity index (χ4n) is 4.49. The molecular weight excluding hydrogens is 516 g/mol. The van der Waals surface area contributed by atoms with Crippen molar-refractivity contribution in [2.45, 2.75) is 32.4 Å². The van der Waals surface area contributed by atoms with E-state index in [0.29, 0.717) is 36.0 Å². The van der Waals surface area contributed by atoms with Crippen LogP contribution in [-0.2, 0) is 28.1 Å². The maximum Gasteiger partial charge on any atom is 0.174 e. The third-order valence-corrected chi connectivity index (χ3v) is 6.73. The molecule has 8 nitrogen and oxygen atoms in total. The molecule has 0 heterocycles. The van der Waals surface area contributed by atoms with Crippen LogP contribution in [0.5, 0.6) is 11.5 Å². The van der Waals surface area contributed by atoms with Gasteiger partial charge in [0.05, 0.1) is 0 Å². The Labute approximate surface area is 239 Å². The highest BCUT2D eigenvalue weighted by molar-refractivity contribution is 5.61. The topological polar surface area (TPSA) is 129 Å². The summed E-state index contributed by atoms with van der Waals surface area (Å²) < 4.78 is 11.4. The monoisotopic (exact) mass is 548 g/mol. The average molecular weight is 549 g/mol. The fourth-order valence-corrected chi connectivity index (χ4v) is 4.49. The van der Waals surface area contributed by atoms with E-state index in [4.69, 9.17) is 20.9 Å². The van der Waals surface area contributed by atoms with Crippen molar-refractivity contribution in [3.8, 4) is 11.5 Å². The summed E-state index contributed by atoms with van der Waals surface area (Å²) in [5.41, 5.74) is 17.6. The summed E-state index contributed by atoms with van der Waals surface area (Å²) in [6, 6.07) is 26.6. The molecule has 0 aliphatic heterocycles. The van der Waals surface area contributed by atoms with Gasteiger partial charge in [0.15, 0.2) is 24.4 Å². The molecular formula is C33H32N4O4. The summed E-state index contributed by atoms with van der Waals surface area (Å²) in [6.07, 6.45) is 1.96. The van der Waals surface area contributed by atoms with Crippen molar-refractivity contribution in [3.63, 3.8) is 0 Å². The quantitative estimate of drug-likeness (QED) is 0.0986. The lowest BCUT2D eigenvalue weighted by molar-refractivity contribution is 0.442. The van der Waals surface area contributed by atoms with Crippen LogP contribution in [0.25, 0.3) is 0 Å². The molecule has 0 unspecified atom stereocenters. The second kappa shape index (κ2) is 13.1. The van der Waals surface area contributed by atoms with Gasteiger partial charge in [-0.2, -0.15) is 0 Å². The molecule has 0 saturated carbocycles. The van der Waals surface area contributed by atoms with Crippen molar-refractivity contribution in [1.29, 1.82) is 0 Å². The van der Waals surface area contributed by atoms with Gasteiger partial charge in [-0.25, -0.2) is 9.59 Å². The molecule has 4 aromatic carbocycles. The molecule has 0 bridgehead atoms. The predicted molar refractivity (Wildman–Crippen MR) is 163 cm³/mol. The summed E-state index contributed by atoms with van der Waals surface area (Å²) in [4.78, 5) is 22.0. The van der Waals surface area contributed by atoms with Gasteiger partial charge in [0.2, 0.25) is 0 Å². The zero-order valence-corrected chi connectivity index (χ0v) is 22.9. The summed E-state index contributed by atoms with van der Waals surface area (Å²) in [5.74, 6) is 4.30. The third-order valence-electron chi connectivity index (χ3n) is 6.73. The van der Waals surface area contributed by atoms with Crippen LogP contribution >= 0.6 is 0 Å². The SMILES string of the molecule is CC(C)(c1ccc(NCc2ccc(N)cc2)cc1OC=C=O)c1ccc(NCc2ccc(N)cc2)cc1OC=C=O. The van der Waals surface area contributed by atoms with E-state index in [2.05, 4.69) is 10.6 Å². The molecule has 0 amide bonds. The van der Waals surface area contributed by atoms with Crippen molar-refractivity contribution >= 4 is 34.6 Å². The van der Waals surface area contributed by atoms with Crippen LogP contribution < -0.4 is 31.6 Å². The van der Waals surface area contributed by atoms with Crippen LogP contribution in [0.1, 0.15) is 36.1 Å². The maximum atomic E-state index is 11.0. The molecule has 0 spiro atoms. The van der Waals surface area contributed by atoms with Crippen molar-refractivity contribution in [1.82, 2.24) is 0 Å². The predicted octanol–water partition coefficient (Wildman–Crippen LogP) is 5.85. The van der Waals surface area contributed by atoms with E-state index in [-0.39, 0.29) is 0 Å². The van der Waals surface area contributed by atoms with Gasteiger partial charge in [-0.1, -0.05) is 50.2 Å². The molecule has 0 aliphatic carbocycles. The second-order valence-corrected chi connectivity index (χ2v) is 9.94. The van der Waals surface area contributed by atoms with Gasteiger partial charge in [0, 0.05) is 64.5 Å². The Kier molecular flexibility index (Phi) is 9.13. The van der Waals surface area contributed by atoms with E-state index in [0.717, 1.165) is 46.2 Å². The minimum atomic E-state index is -0.664. The Morgan fingerprint density at radius 3 is 1.41 bits per heavy atom. The lowest BCUT2D eigenvalue weighted by atomic mass is 9.77. The van der Waals surface area contributed by atoms with Crippen LogP contribution in [0, 0.1) is 0 Å². The second-order valence-electron chi connectivity index (χ2n) is 9.94. The summed E-state index contributed by atoms with van der Waals surface area (Å²) >= 11 is 0. The summed E-state index contributed by atoms with van der Waals surface area (Å²) in [5, 5.41) is 6.74. The van der Waals surface area contributed by atoms with E-state index in [1.807, 2.05) is 98.8 Å². The van der Waals surface area contributed by atoms with Crippen LogP contribution in [0.15, 0.2) is 97.5 Å². The van der Waals surface area contributed by atoms with Gasteiger partial charge in [-0.15, -0.1) is 0 Å². The number of ether oxygens (including phenoxy) is 2. The van der Waals surface area contributed by atoms with E-state index in [1.54, 1.807) is 11.9 Å². The molecule has 0 aromatic heterocycles. The van der Waals surface area contributed by atoms with E-state index < -0.39 is 5.41 Å². The molecule has 208 valence electrons. The first-order valence-corrected chi connectivity index (χ1v) is 13.0. The number of nitrogen functional groups attached to an aromatic ring is 2. The van der Waals surface area contributed by atoms with Gasteiger partial charge in [-0.3, -0.25) is 0 Å². The Morgan fingerprint density at radius 1 is 0.659 bits per heavy atom. The Morgan fingerprint density at radius 2 is 1.05 bits per heavy atom. The molecule has 0 radical (unpaired) electrons. The number of anilines is 4. The Hall–Kier alpha value is -5.42. The van der Waals surface area contributed by atoms with Crippen molar-refractivity contribution in [3.05, 3.63) is 120 Å². The minimum absolute atomic E-state index is 0.475. The smallest absolute Gasteiger partial charge is 0.174 e. The molecule has 0 saturated heterocycles. The molecule has 6 N–H and O–H groups in total. The van der Waals surface area contributed by atoms with Gasteiger partial charge in [0.25, 0.3) is 0 Å². The van der Waals surface area contributed by atoms with E-state index >= 15 is 0 Å². The summed E-state index contributed by atoms with van der Waals surface area (Å²) in [7, 11) is 0. The summed E-state index contributed by atoms with van der Waals surface area (Å²) in [6.45, 7) is 5.17. The number of nitrogens with one attached hydrogen (secondary N) is 2. The Bertz CT molecular complexity index is 1470. The normalized spacial score (nSPS) is 10.6. The van der Waals surface area contributed by atoms with Crippen LogP contribution in [0.4, 0.5) is 22.7 Å². The average Bonchev–Trinajstić information content (AvgIpc) is 2.98. The molecule has 4 aromatic rings. The highest BCUT2D eigenvalue weighted by Gasteiger charge is 2.30. The van der Waals surface area contributed by atoms with E-state index in [9.17, 15) is 9.59 Å². The van der Waals surface area contributed by atoms with Gasteiger partial charge in [-0.05, 0) is 47.5 Å². The van der Waals surface area contributed by atoms with Crippen LogP contribution in [0.2, 0.25) is 0 Å². The zero-order valence-electron chi connectivity index (χ0n) is 22.9. The van der Waals surface area contributed by atoms with Gasteiger partial charge < -0.3 is 31.6 Å². The first kappa shape index (κ1) is 28.6. The fraction of sp³-hybridized carbons (Fsp3) is 0.152. The van der Waals surface area contributed by atoms with Crippen LogP contribution in [0.3, 0.4) is 0 Å². The molecule has 4 rings (SSSR count). The number of rotatable bonds is 12. The lowest BCUT2D eigenvalue weighted by Gasteiger charge is -2.30. The number of hydrogen-bond acceptors (Lipinski definition) is 8. The molecule has 8 heteroatoms. The van der Waals surface area contributed by atoms with Gasteiger partial charge in [0.1, 0.15) is 11.5 Å². The highest BCUT2D eigenvalue weighted by Crippen LogP contribution is 2.43. The van der Waals surface area contributed by atoms with E-state index in [1.165, 1.54) is 0 Å². The van der Waals surface area contributed by atoms with Crippen molar-refractivity contribution in [2.75, 3.05) is 22.1 Å². The Balaban J connectivity index is 1.63. The van der Waals surface area contributed by atoms with Crippen molar-refractivity contribution in [2.24, 2.45) is 0 Å². The minimum Gasteiger partial charge on any atom is -0.453 e. The van der Waals surface area contributed by atoms with Crippen LogP contribution in [-0.4, -0.2) is 11.9 Å². The number of carbonyl (C=O) groups excluding carboxylic acids is 2. The zero-order chi connectivity index (χ0) is 29.2. The highest BCUT2D eigenvalue weighted by atomic mass is 16.5. The first-order chi connectivity index (χ1) is 19.8. The largest absolute Gasteiger partial charge is 0.453 e. The molecule has 0 atom stereocenters. The maximum absolute atomic E-state index is 11.0. The third kappa shape index (κ3) is 7.37. The lowest BCUT2D eigenvalue weighted by Crippen LogP contribution is -2.21. The number of nitrogens with two attached hydrogens (primary N) is 2. The molecule has 0 aliphatic rings. The number of benzene rings is 4. The van der Waals surface area contributed by atoms with Gasteiger partial charge >= 0.3 is 0 Å².